The van der Waals surface area contributed by atoms with E-state index in [1.807, 2.05) is 12.4 Å². The van der Waals surface area contributed by atoms with Crippen molar-refractivity contribution in [2.75, 3.05) is 11.6 Å². The molecule has 0 amide bonds. The highest BCUT2D eigenvalue weighted by Gasteiger charge is 2.21. The van der Waals surface area contributed by atoms with Gasteiger partial charge in [0.05, 0.1) is 5.69 Å². The fraction of sp³-hybridized carbons (Fsp3) is 0.722. The molecule has 2 aliphatic rings. The summed E-state index contributed by atoms with van der Waals surface area (Å²) in [4.78, 5) is 4.17. The molecule has 2 saturated carbocycles. The summed E-state index contributed by atoms with van der Waals surface area (Å²) in [6.07, 6.45) is 17.7. The zero-order valence-corrected chi connectivity index (χ0v) is 13.1. The molecule has 0 saturated heterocycles. The zero-order valence-electron chi connectivity index (χ0n) is 13.1. The maximum absolute atomic E-state index is 4.17. The van der Waals surface area contributed by atoms with Crippen LogP contribution in [-0.4, -0.2) is 17.6 Å². The molecule has 0 atom stereocenters. The van der Waals surface area contributed by atoms with E-state index in [4.69, 9.17) is 0 Å². The molecule has 0 aliphatic heterocycles. The van der Waals surface area contributed by atoms with Crippen molar-refractivity contribution in [2.45, 2.75) is 70.3 Å². The Bertz CT molecular complexity index is 374. The summed E-state index contributed by atoms with van der Waals surface area (Å²) >= 11 is 0. The molecule has 3 heteroatoms. The lowest BCUT2D eigenvalue weighted by molar-refractivity contribution is 0.317. The van der Waals surface area contributed by atoms with Crippen LogP contribution in [0.3, 0.4) is 0 Å². The van der Waals surface area contributed by atoms with Gasteiger partial charge in [-0.1, -0.05) is 38.5 Å². The molecule has 21 heavy (non-hydrogen) atoms. The maximum atomic E-state index is 4.17. The van der Waals surface area contributed by atoms with Gasteiger partial charge in [-0.2, -0.15) is 0 Å². The minimum Gasteiger partial charge on any atom is -0.308 e. The first-order chi connectivity index (χ1) is 10.4. The summed E-state index contributed by atoms with van der Waals surface area (Å²) in [5.41, 5.74) is 5.10. The SMILES string of the molecule is c1cc(N(CC2CCCCC2)NC2CCCCC2)ccn1. The van der Waals surface area contributed by atoms with Crippen LogP contribution >= 0.6 is 0 Å². The van der Waals surface area contributed by atoms with Gasteiger partial charge >= 0.3 is 0 Å². The highest BCUT2D eigenvalue weighted by molar-refractivity contribution is 5.43. The monoisotopic (exact) mass is 287 g/mol. The van der Waals surface area contributed by atoms with Gasteiger partial charge in [0.1, 0.15) is 0 Å². The van der Waals surface area contributed by atoms with E-state index in [1.165, 1.54) is 69.9 Å². The first-order valence-electron chi connectivity index (χ1n) is 8.85. The van der Waals surface area contributed by atoms with Crippen molar-refractivity contribution >= 4 is 5.69 Å². The van der Waals surface area contributed by atoms with E-state index >= 15 is 0 Å². The number of hydrogen-bond donors (Lipinski definition) is 1. The lowest BCUT2D eigenvalue weighted by Gasteiger charge is -2.36. The van der Waals surface area contributed by atoms with Gasteiger partial charge in [-0.15, -0.1) is 0 Å². The number of hydrogen-bond acceptors (Lipinski definition) is 3. The number of aromatic nitrogens is 1. The van der Waals surface area contributed by atoms with Gasteiger partial charge in [-0.25, -0.2) is 5.43 Å². The van der Waals surface area contributed by atoms with Crippen LogP contribution in [0.2, 0.25) is 0 Å². The molecule has 0 spiro atoms. The molecule has 2 aliphatic carbocycles. The smallest absolute Gasteiger partial charge is 0.0550 e. The van der Waals surface area contributed by atoms with E-state index in [1.54, 1.807) is 0 Å². The van der Waals surface area contributed by atoms with E-state index in [0.717, 1.165) is 12.5 Å². The van der Waals surface area contributed by atoms with Crippen molar-refractivity contribution in [1.29, 1.82) is 0 Å². The Labute approximate surface area is 129 Å². The highest BCUT2D eigenvalue weighted by atomic mass is 15.5. The number of hydrazine groups is 1. The minimum atomic E-state index is 0.663. The number of rotatable bonds is 5. The normalized spacial score (nSPS) is 21.3. The van der Waals surface area contributed by atoms with Crippen molar-refractivity contribution in [3.8, 4) is 0 Å². The summed E-state index contributed by atoms with van der Waals surface area (Å²) in [5, 5.41) is 2.42. The van der Waals surface area contributed by atoms with Crippen LogP contribution in [0.15, 0.2) is 24.5 Å². The van der Waals surface area contributed by atoms with E-state index in [-0.39, 0.29) is 0 Å². The first kappa shape index (κ1) is 14.8. The van der Waals surface area contributed by atoms with Crippen LogP contribution in [0.1, 0.15) is 64.2 Å². The Morgan fingerprint density at radius 1 is 0.905 bits per heavy atom. The Hall–Kier alpha value is -1.09. The molecule has 1 aromatic rings. The van der Waals surface area contributed by atoms with Crippen LogP contribution in [0.25, 0.3) is 0 Å². The molecule has 0 bridgehead atoms. The third kappa shape index (κ3) is 4.44. The molecule has 2 fully saturated rings. The van der Waals surface area contributed by atoms with Gasteiger partial charge in [0, 0.05) is 25.0 Å². The summed E-state index contributed by atoms with van der Waals surface area (Å²) < 4.78 is 0. The van der Waals surface area contributed by atoms with Crippen LogP contribution in [0, 0.1) is 5.92 Å². The first-order valence-corrected chi connectivity index (χ1v) is 8.85. The van der Waals surface area contributed by atoms with E-state index < -0.39 is 0 Å². The second-order valence-electron chi connectivity index (χ2n) is 6.78. The van der Waals surface area contributed by atoms with Gasteiger partial charge in [0.25, 0.3) is 0 Å². The molecule has 1 heterocycles. The summed E-state index contributed by atoms with van der Waals surface area (Å²) in [6, 6.07) is 4.94. The molecular weight excluding hydrogens is 258 g/mol. The summed E-state index contributed by atoms with van der Waals surface area (Å²) in [6.45, 7) is 1.15. The topological polar surface area (TPSA) is 28.2 Å². The zero-order chi connectivity index (χ0) is 14.3. The van der Waals surface area contributed by atoms with E-state index in [9.17, 15) is 0 Å². The Morgan fingerprint density at radius 3 is 2.19 bits per heavy atom. The largest absolute Gasteiger partial charge is 0.308 e. The minimum absolute atomic E-state index is 0.663. The maximum Gasteiger partial charge on any atom is 0.0550 e. The molecule has 0 aromatic carbocycles. The Kier molecular flexibility index (Phi) is 5.50. The molecule has 0 unspecified atom stereocenters. The number of nitrogens with zero attached hydrogens (tertiary/aromatic N) is 2. The van der Waals surface area contributed by atoms with Crippen molar-refractivity contribution in [1.82, 2.24) is 10.4 Å². The van der Waals surface area contributed by atoms with Gasteiger partial charge in [0.2, 0.25) is 0 Å². The molecular formula is C18H29N3. The second-order valence-corrected chi connectivity index (χ2v) is 6.78. The number of anilines is 1. The van der Waals surface area contributed by atoms with Crippen LogP contribution in [0.4, 0.5) is 5.69 Å². The predicted octanol–water partition coefficient (Wildman–Crippen LogP) is 4.31. The average molecular weight is 287 g/mol. The second kappa shape index (κ2) is 7.79. The predicted molar refractivity (Wildman–Crippen MR) is 88.2 cm³/mol. The van der Waals surface area contributed by atoms with Crippen LogP contribution < -0.4 is 10.4 Å². The Balaban J connectivity index is 1.64. The average Bonchev–Trinajstić information content (AvgIpc) is 2.57. The van der Waals surface area contributed by atoms with Crippen molar-refractivity contribution in [3.63, 3.8) is 0 Å². The Morgan fingerprint density at radius 2 is 1.52 bits per heavy atom. The number of pyridine rings is 1. The third-order valence-electron chi connectivity index (χ3n) is 5.08. The van der Waals surface area contributed by atoms with Crippen LogP contribution in [-0.2, 0) is 0 Å². The van der Waals surface area contributed by atoms with Crippen molar-refractivity contribution in [3.05, 3.63) is 24.5 Å². The standard InChI is InChI=1S/C18H29N3/c1-3-7-16(8-4-1)15-21(18-11-13-19-14-12-18)20-17-9-5-2-6-10-17/h11-14,16-17,20H,1-10,15H2. The van der Waals surface area contributed by atoms with E-state index in [0.29, 0.717) is 6.04 Å². The quantitative estimate of drug-likeness (QED) is 0.818. The van der Waals surface area contributed by atoms with Crippen molar-refractivity contribution < 1.29 is 0 Å². The molecule has 1 aromatic heterocycles. The number of nitrogens with one attached hydrogen (secondary N) is 1. The summed E-state index contributed by atoms with van der Waals surface area (Å²) in [5.74, 6) is 0.850. The molecule has 1 N–H and O–H groups in total. The fourth-order valence-corrected chi connectivity index (χ4v) is 3.84. The van der Waals surface area contributed by atoms with Crippen LogP contribution in [0.5, 0.6) is 0 Å². The molecule has 116 valence electrons. The van der Waals surface area contributed by atoms with Gasteiger partial charge in [0.15, 0.2) is 0 Å². The lowest BCUT2D eigenvalue weighted by Crippen LogP contribution is -2.48. The fourth-order valence-electron chi connectivity index (χ4n) is 3.84. The van der Waals surface area contributed by atoms with Gasteiger partial charge in [-0.05, 0) is 43.7 Å². The molecule has 0 radical (unpaired) electrons. The molecule has 3 rings (SSSR count). The van der Waals surface area contributed by atoms with Gasteiger partial charge < -0.3 is 5.01 Å². The molecule has 3 nitrogen and oxygen atoms in total. The van der Waals surface area contributed by atoms with Gasteiger partial charge in [-0.3, -0.25) is 4.98 Å². The van der Waals surface area contributed by atoms with E-state index in [2.05, 4.69) is 27.6 Å². The highest BCUT2D eigenvalue weighted by Crippen LogP contribution is 2.26. The lowest BCUT2D eigenvalue weighted by atomic mass is 9.89. The summed E-state index contributed by atoms with van der Waals surface area (Å²) in [7, 11) is 0. The van der Waals surface area contributed by atoms with Crippen molar-refractivity contribution in [2.24, 2.45) is 5.92 Å². The third-order valence-corrected chi connectivity index (χ3v) is 5.08.